The van der Waals surface area contributed by atoms with Gasteiger partial charge < -0.3 is 5.73 Å². The molecule has 1 aromatic rings. The van der Waals surface area contributed by atoms with Gasteiger partial charge in [-0.2, -0.15) is 4.39 Å². The molecule has 0 radical (unpaired) electrons. The fourth-order valence-electron chi connectivity index (χ4n) is 1.07. The number of carbonyl (C=O) groups excluding carboxylic acids is 1. The van der Waals surface area contributed by atoms with Crippen molar-refractivity contribution in [2.75, 3.05) is 5.73 Å². The Kier molecular flexibility index (Phi) is 2.46. The standard InChI is InChI=1S/C8H7FN2O3/c1-4(12)5-2-3-6(9)8(7(5)10)11(13)14/h2-3H,10H2,1H3. The Bertz CT molecular complexity index is 417. The topological polar surface area (TPSA) is 86.2 Å². The predicted molar refractivity (Wildman–Crippen MR) is 47.5 cm³/mol. The molecule has 0 aromatic heterocycles. The number of hydrogen-bond acceptors (Lipinski definition) is 4. The van der Waals surface area contributed by atoms with E-state index < -0.39 is 27.9 Å². The third-order valence-electron chi connectivity index (χ3n) is 1.73. The lowest BCUT2D eigenvalue weighted by Crippen LogP contribution is -2.05. The maximum absolute atomic E-state index is 12.9. The Morgan fingerprint density at radius 3 is 2.57 bits per heavy atom. The van der Waals surface area contributed by atoms with Crippen LogP contribution in [0.15, 0.2) is 12.1 Å². The van der Waals surface area contributed by atoms with Crippen LogP contribution in [0.2, 0.25) is 0 Å². The SMILES string of the molecule is CC(=O)c1ccc(F)c([N+](=O)[O-])c1N. The summed E-state index contributed by atoms with van der Waals surface area (Å²) in [6.45, 7) is 1.20. The van der Waals surface area contributed by atoms with Crippen LogP contribution in [-0.4, -0.2) is 10.7 Å². The van der Waals surface area contributed by atoms with E-state index in [0.29, 0.717) is 0 Å². The predicted octanol–water partition coefficient (Wildman–Crippen LogP) is 1.52. The van der Waals surface area contributed by atoms with E-state index >= 15 is 0 Å². The fourth-order valence-corrected chi connectivity index (χ4v) is 1.07. The molecule has 0 aliphatic heterocycles. The summed E-state index contributed by atoms with van der Waals surface area (Å²) in [5, 5.41) is 10.4. The van der Waals surface area contributed by atoms with Crippen molar-refractivity contribution in [3.8, 4) is 0 Å². The van der Waals surface area contributed by atoms with Crippen LogP contribution in [0.3, 0.4) is 0 Å². The molecule has 14 heavy (non-hydrogen) atoms. The molecule has 2 N–H and O–H groups in total. The van der Waals surface area contributed by atoms with Crippen LogP contribution in [0.1, 0.15) is 17.3 Å². The van der Waals surface area contributed by atoms with E-state index in [0.717, 1.165) is 12.1 Å². The van der Waals surface area contributed by atoms with Gasteiger partial charge in [0.15, 0.2) is 5.78 Å². The van der Waals surface area contributed by atoms with Crippen LogP contribution >= 0.6 is 0 Å². The summed E-state index contributed by atoms with van der Waals surface area (Å²) < 4.78 is 12.9. The molecule has 0 saturated carbocycles. The number of carbonyl (C=O) groups is 1. The quantitative estimate of drug-likeness (QED) is 0.338. The lowest BCUT2D eigenvalue weighted by atomic mass is 10.1. The van der Waals surface area contributed by atoms with Gasteiger partial charge >= 0.3 is 5.69 Å². The van der Waals surface area contributed by atoms with Gasteiger partial charge in [0.05, 0.1) is 4.92 Å². The Morgan fingerprint density at radius 1 is 1.57 bits per heavy atom. The van der Waals surface area contributed by atoms with Crippen molar-refractivity contribution in [2.24, 2.45) is 0 Å². The first-order valence-corrected chi connectivity index (χ1v) is 3.68. The number of nitrogens with two attached hydrogens (primary N) is 1. The molecule has 0 aliphatic rings. The molecule has 0 heterocycles. The second-order valence-corrected chi connectivity index (χ2v) is 2.67. The number of anilines is 1. The zero-order chi connectivity index (χ0) is 10.9. The molecule has 0 saturated heterocycles. The van der Waals surface area contributed by atoms with Crippen molar-refractivity contribution in [3.05, 3.63) is 33.6 Å². The number of nitrogen functional groups attached to an aromatic ring is 1. The van der Waals surface area contributed by atoms with Crippen molar-refractivity contribution in [1.29, 1.82) is 0 Å². The number of Topliss-reactive ketones (excluding diaryl/α,β-unsaturated/α-hetero) is 1. The molecule has 0 amide bonds. The monoisotopic (exact) mass is 198 g/mol. The van der Waals surface area contributed by atoms with Gasteiger partial charge in [0.2, 0.25) is 5.82 Å². The minimum absolute atomic E-state index is 0.0434. The van der Waals surface area contributed by atoms with E-state index in [-0.39, 0.29) is 5.56 Å². The molecule has 0 atom stereocenters. The summed E-state index contributed by atoms with van der Waals surface area (Å²) in [5.41, 5.74) is 3.96. The number of nitro groups is 1. The van der Waals surface area contributed by atoms with Gasteiger partial charge in [0.25, 0.3) is 0 Å². The normalized spacial score (nSPS) is 9.86. The third kappa shape index (κ3) is 1.54. The smallest absolute Gasteiger partial charge is 0.328 e. The first kappa shape index (κ1) is 10.1. The number of halogens is 1. The second-order valence-electron chi connectivity index (χ2n) is 2.67. The number of rotatable bonds is 2. The minimum atomic E-state index is -1.04. The first-order valence-electron chi connectivity index (χ1n) is 3.68. The van der Waals surface area contributed by atoms with Gasteiger partial charge in [-0.1, -0.05) is 0 Å². The average Bonchev–Trinajstić information content (AvgIpc) is 2.02. The zero-order valence-electron chi connectivity index (χ0n) is 7.28. The summed E-state index contributed by atoms with van der Waals surface area (Å²) in [4.78, 5) is 20.4. The Hall–Kier alpha value is -1.98. The molecule has 1 rings (SSSR count). The van der Waals surface area contributed by atoms with Gasteiger partial charge in [-0.05, 0) is 19.1 Å². The van der Waals surface area contributed by atoms with Crippen LogP contribution in [0.4, 0.5) is 15.8 Å². The highest BCUT2D eigenvalue weighted by Crippen LogP contribution is 2.28. The molecule has 5 nitrogen and oxygen atoms in total. The van der Waals surface area contributed by atoms with E-state index in [1.807, 2.05) is 0 Å². The molecule has 1 aromatic carbocycles. The number of nitrogens with zero attached hydrogens (tertiary/aromatic N) is 1. The molecule has 0 unspecified atom stereocenters. The summed E-state index contributed by atoms with van der Waals surface area (Å²) in [6, 6.07) is 1.98. The molecule has 0 fully saturated rings. The Balaban J connectivity index is 3.49. The van der Waals surface area contributed by atoms with Crippen molar-refractivity contribution in [1.82, 2.24) is 0 Å². The van der Waals surface area contributed by atoms with Gasteiger partial charge in [-0.15, -0.1) is 0 Å². The lowest BCUT2D eigenvalue weighted by molar-refractivity contribution is -0.386. The number of benzene rings is 1. The van der Waals surface area contributed by atoms with E-state index in [4.69, 9.17) is 5.73 Å². The fraction of sp³-hybridized carbons (Fsp3) is 0.125. The summed E-state index contributed by atoms with van der Waals surface area (Å²) in [6.07, 6.45) is 0. The van der Waals surface area contributed by atoms with E-state index in [9.17, 15) is 19.3 Å². The minimum Gasteiger partial charge on any atom is -0.392 e. The van der Waals surface area contributed by atoms with Crippen LogP contribution in [0.5, 0.6) is 0 Å². The van der Waals surface area contributed by atoms with Gasteiger partial charge in [0.1, 0.15) is 5.69 Å². The van der Waals surface area contributed by atoms with Crippen LogP contribution in [-0.2, 0) is 0 Å². The number of nitro benzene ring substituents is 1. The molecule has 0 bridgehead atoms. The van der Waals surface area contributed by atoms with Crippen molar-refractivity contribution in [3.63, 3.8) is 0 Å². The average molecular weight is 198 g/mol. The highest BCUT2D eigenvalue weighted by Gasteiger charge is 2.22. The Labute approximate surface area is 78.5 Å². The number of hydrogen-bond donors (Lipinski definition) is 1. The zero-order valence-corrected chi connectivity index (χ0v) is 7.28. The largest absolute Gasteiger partial charge is 0.392 e. The van der Waals surface area contributed by atoms with Gasteiger partial charge in [-0.3, -0.25) is 14.9 Å². The molecule has 0 spiro atoms. The maximum Gasteiger partial charge on any atom is 0.328 e. The van der Waals surface area contributed by atoms with Gasteiger partial charge in [-0.25, -0.2) is 0 Å². The summed E-state index contributed by atoms with van der Waals surface area (Å²) in [5.74, 6) is -1.48. The summed E-state index contributed by atoms with van der Waals surface area (Å²) >= 11 is 0. The molecule has 6 heteroatoms. The highest BCUT2D eigenvalue weighted by molar-refractivity contribution is 6.00. The third-order valence-corrected chi connectivity index (χ3v) is 1.73. The molecule has 0 aliphatic carbocycles. The molecular weight excluding hydrogens is 191 g/mol. The second kappa shape index (κ2) is 3.41. The van der Waals surface area contributed by atoms with Crippen molar-refractivity contribution >= 4 is 17.2 Å². The van der Waals surface area contributed by atoms with Crippen LogP contribution in [0.25, 0.3) is 0 Å². The van der Waals surface area contributed by atoms with Crippen LogP contribution < -0.4 is 5.73 Å². The molecular formula is C8H7FN2O3. The van der Waals surface area contributed by atoms with Crippen LogP contribution in [0, 0.1) is 15.9 Å². The van der Waals surface area contributed by atoms with Crippen molar-refractivity contribution < 1.29 is 14.1 Å². The highest BCUT2D eigenvalue weighted by atomic mass is 19.1. The van der Waals surface area contributed by atoms with Crippen molar-refractivity contribution in [2.45, 2.75) is 6.92 Å². The van der Waals surface area contributed by atoms with E-state index in [2.05, 4.69) is 0 Å². The molecule has 74 valence electrons. The van der Waals surface area contributed by atoms with E-state index in [1.165, 1.54) is 6.92 Å². The lowest BCUT2D eigenvalue weighted by Gasteiger charge is -2.02. The summed E-state index contributed by atoms with van der Waals surface area (Å²) in [7, 11) is 0. The Morgan fingerprint density at radius 2 is 2.14 bits per heavy atom. The number of ketones is 1. The van der Waals surface area contributed by atoms with Gasteiger partial charge in [0, 0.05) is 5.56 Å². The first-order chi connectivity index (χ1) is 6.45. The van der Waals surface area contributed by atoms with E-state index in [1.54, 1.807) is 0 Å². The maximum atomic E-state index is 12.9.